The van der Waals surface area contributed by atoms with Crippen LogP contribution in [0.15, 0.2) is 6.20 Å². The van der Waals surface area contributed by atoms with Crippen molar-refractivity contribution in [1.29, 1.82) is 0 Å². The average Bonchev–Trinajstić information content (AvgIpc) is 2.61. The molecule has 5 nitrogen and oxygen atoms in total. The highest BCUT2D eigenvalue weighted by atomic mass is 32.1. The first-order valence-electron chi connectivity index (χ1n) is 5.27. The summed E-state index contributed by atoms with van der Waals surface area (Å²) in [7, 11) is 0. The van der Waals surface area contributed by atoms with Crippen LogP contribution in [0, 0.1) is 6.92 Å². The van der Waals surface area contributed by atoms with Crippen LogP contribution in [-0.4, -0.2) is 27.5 Å². The fourth-order valence-corrected chi connectivity index (χ4v) is 1.99. The second-order valence-corrected chi connectivity index (χ2v) is 5.71. The third kappa shape index (κ3) is 4.52. The van der Waals surface area contributed by atoms with Crippen molar-refractivity contribution in [2.75, 3.05) is 0 Å². The lowest BCUT2D eigenvalue weighted by Gasteiger charge is -2.25. The summed E-state index contributed by atoms with van der Waals surface area (Å²) >= 11 is 1.32. The van der Waals surface area contributed by atoms with E-state index in [2.05, 4.69) is 10.3 Å². The number of carboxylic acid groups (broad SMARTS) is 1. The zero-order chi connectivity index (χ0) is 13.1. The number of nitrogens with one attached hydrogen (secondary N) is 1. The van der Waals surface area contributed by atoms with E-state index in [0.29, 0.717) is 11.3 Å². The fourth-order valence-electron chi connectivity index (χ4n) is 1.32. The Hall–Kier alpha value is -1.43. The molecule has 0 aromatic carbocycles. The van der Waals surface area contributed by atoms with Gasteiger partial charge in [-0.05, 0) is 27.2 Å². The lowest BCUT2D eigenvalue weighted by Crippen LogP contribution is -2.43. The summed E-state index contributed by atoms with van der Waals surface area (Å²) in [4.78, 5) is 26.9. The van der Waals surface area contributed by atoms with Crippen molar-refractivity contribution in [1.82, 2.24) is 10.3 Å². The van der Waals surface area contributed by atoms with Gasteiger partial charge < -0.3 is 10.4 Å². The molecule has 0 saturated carbocycles. The molecule has 0 aliphatic rings. The van der Waals surface area contributed by atoms with Gasteiger partial charge in [-0.1, -0.05) is 0 Å². The van der Waals surface area contributed by atoms with Crippen molar-refractivity contribution in [3.63, 3.8) is 0 Å². The zero-order valence-electron chi connectivity index (χ0n) is 10.1. The number of aryl methyl sites for hydroxylation is 1. The van der Waals surface area contributed by atoms with E-state index in [1.807, 2.05) is 20.8 Å². The number of carboxylic acids is 1. The Morgan fingerprint density at radius 1 is 1.53 bits per heavy atom. The maximum Gasteiger partial charge on any atom is 0.303 e. The molecule has 1 aromatic rings. The van der Waals surface area contributed by atoms with E-state index in [0.717, 1.165) is 5.01 Å². The number of hydrogen-bond acceptors (Lipinski definition) is 4. The number of carbonyl (C=O) groups is 2. The molecule has 0 atom stereocenters. The van der Waals surface area contributed by atoms with Gasteiger partial charge in [-0.2, -0.15) is 0 Å². The second-order valence-electron chi connectivity index (χ2n) is 4.48. The van der Waals surface area contributed by atoms with Crippen LogP contribution in [0.4, 0.5) is 0 Å². The first kappa shape index (κ1) is 13.6. The molecule has 0 radical (unpaired) electrons. The van der Waals surface area contributed by atoms with Gasteiger partial charge in [0.1, 0.15) is 4.88 Å². The molecule has 17 heavy (non-hydrogen) atoms. The van der Waals surface area contributed by atoms with Crippen LogP contribution >= 0.6 is 11.3 Å². The number of thiazole rings is 1. The standard InChI is InChI=1S/C11H16N2O3S/c1-7-12-6-8(17-7)10(16)13-11(2,3)5-4-9(14)15/h6H,4-5H2,1-3H3,(H,13,16)(H,14,15). The topological polar surface area (TPSA) is 79.3 Å². The number of aromatic nitrogens is 1. The van der Waals surface area contributed by atoms with Crippen molar-refractivity contribution < 1.29 is 14.7 Å². The normalized spacial score (nSPS) is 11.2. The van der Waals surface area contributed by atoms with E-state index >= 15 is 0 Å². The van der Waals surface area contributed by atoms with Gasteiger partial charge in [0.05, 0.1) is 11.2 Å². The quantitative estimate of drug-likeness (QED) is 0.842. The van der Waals surface area contributed by atoms with E-state index in [-0.39, 0.29) is 12.3 Å². The molecule has 0 aliphatic heterocycles. The molecule has 0 saturated heterocycles. The largest absolute Gasteiger partial charge is 0.481 e. The molecule has 0 spiro atoms. The van der Waals surface area contributed by atoms with E-state index in [1.54, 1.807) is 0 Å². The average molecular weight is 256 g/mol. The van der Waals surface area contributed by atoms with Gasteiger partial charge in [-0.3, -0.25) is 9.59 Å². The number of rotatable bonds is 5. The molecule has 1 heterocycles. The van der Waals surface area contributed by atoms with Crippen molar-refractivity contribution in [2.24, 2.45) is 0 Å². The Morgan fingerprint density at radius 2 is 2.18 bits per heavy atom. The Labute approximate surface area is 104 Å². The summed E-state index contributed by atoms with van der Waals surface area (Å²) < 4.78 is 0. The van der Waals surface area contributed by atoms with Crippen LogP contribution in [0.5, 0.6) is 0 Å². The van der Waals surface area contributed by atoms with Crippen LogP contribution in [0.25, 0.3) is 0 Å². The highest BCUT2D eigenvalue weighted by Crippen LogP contribution is 2.16. The number of amides is 1. The van der Waals surface area contributed by atoms with Gasteiger partial charge in [0, 0.05) is 12.0 Å². The maximum atomic E-state index is 11.8. The molecule has 0 aliphatic carbocycles. The molecule has 6 heteroatoms. The molecule has 1 amide bonds. The Morgan fingerprint density at radius 3 is 2.65 bits per heavy atom. The number of aliphatic carboxylic acids is 1. The van der Waals surface area contributed by atoms with Crippen LogP contribution in [-0.2, 0) is 4.79 Å². The van der Waals surface area contributed by atoms with Crippen molar-refractivity contribution in [3.8, 4) is 0 Å². The van der Waals surface area contributed by atoms with E-state index in [1.165, 1.54) is 17.5 Å². The molecule has 2 N–H and O–H groups in total. The van der Waals surface area contributed by atoms with Crippen LogP contribution in [0.3, 0.4) is 0 Å². The van der Waals surface area contributed by atoms with Crippen LogP contribution in [0.2, 0.25) is 0 Å². The molecule has 94 valence electrons. The Kier molecular flexibility index (Phi) is 4.22. The van der Waals surface area contributed by atoms with Gasteiger partial charge in [0.2, 0.25) is 0 Å². The molecular weight excluding hydrogens is 240 g/mol. The van der Waals surface area contributed by atoms with Crippen molar-refractivity contribution in [3.05, 3.63) is 16.1 Å². The number of nitrogens with zero attached hydrogens (tertiary/aromatic N) is 1. The van der Waals surface area contributed by atoms with E-state index in [4.69, 9.17) is 5.11 Å². The maximum absolute atomic E-state index is 11.8. The number of hydrogen-bond donors (Lipinski definition) is 2. The van der Waals surface area contributed by atoms with Crippen LogP contribution in [0.1, 0.15) is 41.4 Å². The first-order chi connectivity index (χ1) is 7.80. The molecule has 1 rings (SSSR count). The summed E-state index contributed by atoms with van der Waals surface area (Å²) in [5.74, 6) is -1.06. The highest BCUT2D eigenvalue weighted by Gasteiger charge is 2.22. The summed E-state index contributed by atoms with van der Waals surface area (Å²) in [6.07, 6.45) is 1.96. The lowest BCUT2D eigenvalue weighted by atomic mass is 9.98. The minimum absolute atomic E-state index is 0.0367. The molecular formula is C11H16N2O3S. The van der Waals surface area contributed by atoms with E-state index in [9.17, 15) is 9.59 Å². The summed E-state index contributed by atoms with van der Waals surface area (Å²) in [6, 6.07) is 0. The Bertz CT molecular complexity index is 426. The highest BCUT2D eigenvalue weighted by molar-refractivity contribution is 7.13. The Balaban J connectivity index is 2.58. The minimum atomic E-state index is -0.860. The lowest BCUT2D eigenvalue weighted by molar-refractivity contribution is -0.137. The van der Waals surface area contributed by atoms with Gasteiger partial charge in [-0.25, -0.2) is 4.98 Å². The van der Waals surface area contributed by atoms with Gasteiger partial charge in [-0.15, -0.1) is 11.3 Å². The molecule has 0 unspecified atom stereocenters. The summed E-state index contributed by atoms with van der Waals surface area (Å²) in [5, 5.41) is 12.3. The molecule has 1 aromatic heterocycles. The first-order valence-corrected chi connectivity index (χ1v) is 6.08. The minimum Gasteiger partial charge on any atom is -0.481 e. The van der Waals surface area contributed by atoms with Gasteiger partial charge >= 0.3 is 5.97 Å². The smallest absolute Gasteiger partial charge is 0.303 e. The van der Waals surface area contributed by atoms with Gasteiger partial charge in [0.15, 0.2) is 0 Å². The predicted octanol–water partition coefficient (Wildman–Crippen LogP) is 1.82. The fraction of sp³-hybridized carbons (Fsp3) is 0.545. The van der Waals surface area contributed by atoms with Crippen LogP contribution < -0.4 is 5.32 Å². The second kappa shape index (κ2) is 5.27. The van der Waals surface area contributed by atoms with Crippen molar-refractivity contribution in [2.45, 2.75) is 39.2 Å². The zero-order valence-corrected chi connectivity index (χ0v) is 10.9. The number of carbonyl (C=O) groups excluding carboxylic acids is 1. The third-order valence-electron chi connectivity index (χ3n) is 2.26. The summed E-state index contributed by atoms with van der Waals surface area (Å²) in [6.45, 7) is 5.44. The van der Waals surface area contributed by atoms with E-state index < -0.39 is 11.5 Å². The monoisotopic (exact) mass is 256 g/mol. The molecule has 0 bridgehead atoms. The van der Waals surface area contributed by atoms with Crippen molar-refractivity contribution >= 4 is 23.2 Å². The third-order valence-corrected chi connectivity index (χ3v) is 3.17. The predicted molar refractivity (Wildman–Crippen MR) is 65.3 cm³/mol. The summed E-state index contributed by atoms with van der Waals surface area (Å²) in [5.41, 5.74) is -0.534. The SMILES string of the molecule is Cc1ncc(C(=O)NC(C)(C)CCC(=O)O)s1. The van der Waals surface area contributed by atoms with Gasteiger partial charge in [0.25, 0.3) is 5.91 Å². The molecule has 0 fully saturated rings.